The Morgan fingerprint density at radius 1 is 1.44 bits per heavy atom. The molecule has 88 valence electrons. The highest BCUT2D eigenvalue weighted by Crippen LogP contribution is 2.32. The Morgan fingerprint density at radius 2 is 2.25 bits per heavy atom. The molecule has 0 amide bonds. The van der Waals surface area contributed by atoms with Crippen molar-refractivity contribution in [2.45, 2.75) is 46.0 Å². The van der Waals surface area contributed by atoms with Gasteiger partial charge in [0.05, 0.1) is 4.88 Å². The predicted octanol–water partition coefficient (Wildman–Crippen LogP) is 4.32. The summed E-state index contributed by atoms with van der Waals surface area (Å²) in [5.41, 5.74) is 0. The van der Waals surface area contributed by atoms with Gasteiger partial charge in [-0.1, -0.05) is 26.7 Å². The fraction of sp³-hybridized carbons (Fsp3) is 0.643. The molecule has 1 aromatic rings. The average Bonchev–Trinajstić information content (AvgIpc) is 2.76. The molecule has 2 rings (SSSR count). The summed E-state index contributed by atoms with van der Waals surface area (Å²) in [6.45, 7) is 4.41. The molecule has 0 radical (unpaired) electrons. The monoisotopic (exact) mass is 236 g/mol. The summed E-state index contributed by atoms with van der Waals surface area (Å²) in [6, 6.07) is 4.12. The minimum atomic E-state index is 0.298. The summed E-state index contributed by atoms with van der Waals surface area (Å²) in [6.07, 6.45) is 5.76. The van der Waals surface area contributed by atoms with E-state index in [1.54, 1.807) is 11.3 Å². The molecule has 1 saturated carbocycles. The standard InChI is InChI=1S/C14H20OS/c1-3-12-7-8-13(16-12)14(15)11-6-4-5-10(2)9-11/h7-8,10-11H,3-6,9H2,1-2H3. The topological polar surface area (TPSA) is 17.1 Å². The van der Waals surface area contributed by atoms with Gasteiger partial charge in [0.25, 0.3) is 0 Å². The highest BCUT2D eigenvalue weighted by Gasteiger charge is 2.26. The summed E-state index contributed by atoms with van der Waals surface area (Å²) >= 11 is 1.69. The van der Waals surface area contributed by atoms with Crippen molar-refractivity contribution in [2.24, 2.45) is 11.8 Å². The molecule has 0 N–H and O–H groups in total. The van der Waals surface area contributed by atoms with Crippen LogP contribution in [0.3, 0.4) is 0 Å². The van der Waals surface area contributed by atoms with Crippen LogP contribution in [0.15, 0.2) is 12.1 Å². The van der Waals surface area contributed by atoms with Crippen molar-refractivity contribution in [3.63, 3.8) is 0 Å². The van der Waals surface area contributed by atoms with Gasteiger partial charge in [0.1, 0.15) is 0 Å². The second kappa shape index (κ2) is 5.13. The second-order valence-corrected chi connectivity index (χ2v) is 6.12. The smallest absolute Gasteiger partial charge is 0.175 e. The zero-order valence-electron chi connectivity index (χ0n) is 10.2. The number of rotatable bonds is 3. The molecule has 1 heterocycles. The Bertz CT molecular complexity index is 367. The normalized spacial score (nSPS) is 25.6. The van der Waals surface area contributed by atoms with Gasteiger partial charge >= 0.3 is 0 Å². The van der Waals surface area contributed by atoms with E-state index in [9.17, 15) is 4.79 Å². The van der Waals surface area contributed by atoms with Crippen LogP contribution in [0.4, 0.5) is 0 Å². The zero-order valence-corrected chi connectivity index (χ0v) is 11.0. The molecule has 1 aromatic heterocycles. The molecule has 0 bridgehead atoms. The fourth-order valence-corrected chi connectivity index (χ4v) is 3.54. The molecule has 2 atom stereocenters. The molecule has 1 fully saturated rings. The second-order valence-electron chi connectivity index (χ2n) is 4.95. The number of thiophene rings is 1. The van der Waals surface area contributed by atoms with Crippen molar-refractivity contribution >= 4 is 17.1 Å². The Balaban J connectivity index is 2.06. The van der Waals surface area contributed by atoms with Crippen LogP contribution in [-0.2, 0) is 6.42 Å². The van der Waals surface area contributed by atoms with Crippen molar-refractivity contribution in [1.29, 1.82) is 0 Å². The first-order chi connectivity index (χ1) is 7.70. The molecule has 0 saturated heterocycles. The number of carbonyl (C=O) groups is 1. The van der Waals surface area contributed by atoms with E-state index < -0.39 is 0 Å². The van der Waals surface area contributed by atoms with E-state index in [0.717, 1.165) is 30.1 Å². The van der Waals surface area contributed by atoms with Crippen molar-refractivity contribution in [1.82, 2.24) is 0 Å². The number of ketones is 1. The summed E-state index contributed by atoms with van der Waals surface area (Å²) < 4.78 is 0. The molecule has 16 heavy (non-hydrogen) atoms. The van der Waals surface area contributed by atoms with Gasteiger partial charge in [-0.05, 0) is 37.3 Å². The lowest BCUT2D eigenvalue weighted by atomic mass is 9.80. The van der Waals surface area contributed by atoms with Crippen LogP contribution < -0.4 is 0 Å². The molecule has 2 heteroatoms. The van der Waals surface area contributed by atoms with Crippen molar-refractivity contribution < 1.29 is 4.79 Å². The third-order valence-electron chi connectivity index (χ3n) is 3.56. The highest BCUT2D eigenvalue weighted by molar-refractivity contribution is 7.14. The lowest BCUT2D eigenvalue weighted by Crippen LogP contribution is -2.21. The third kappa shape index (κ3) is 2.54. The maximum absolute atomic E-state index is 12.3. The maximum Gasteiger partial charge on any atom is 0.175 e. The van der Waals surface area contributed by atoms with Crippen LogP contribution in [0.1, 0.15) is 54.1 Å². The molecule has 1 aliphatic rings. The predicted molar refractivity (Wildman–Crippen MR) is 69.1 cm³/mol. The van der Waals surface area contributed by atoms with Crippen molar-refractivity contribution in [2.75, 3.05) is 0 Å². The van der Waals surface area contributed by atoms with Crippen LogP contribution >= 0.6 is 11.3 Å². The van der Waals surface area contributed by atoms with Crippen LogP contribution in [0.25, 0.3) is 0 Å². The lowest BCUT2D eigenvalue weighted by molar-refractivity contribution is 0.0872. The Hall–Kier alpha value is -0.630. The van der Waals surface area contributed by atoms with Gasteiger partial charge in [-0.15, -0.1) is 11.3 Å². The summed E-state index contributed by atoms with van der Waals surface area (Å²) in [5, 5.41) is 0. The van der Waals surface area contributed by atoms with E-state index >= 15 is 0 Å². The molecule has 0 spiro atoms. The summed E-state index contributed by atoms with van der Waals surface area (Å²) in [5.74, 6) is 1.43. The summed E-state index contributed by atoms with van der Waals surface area (Å²) in [4.78, 5) is 14.6. The van der Waals surface area contributed by atoms with Crippen molar-refractivity contribution in [3.05, 3.63) is 21.9 Å². The molecule has 1 nitrogen and oxygen atoms in total. The van der Waals surface area contributed by atoms with E-state index in [2.05, 4.69) is 19.9 Å². The van der Waals surface area contributed by atoms with Crippen LogP contribution in [0.2, 0.25) is 0 Å². The lowest BCUT2D eigenvalue weighted by Gasteiger charge is -2.25. The summed E-state index contributed by atoms with van der Waals surface area (Å²) in [7, 11) is 0. The van der Waals surface area contributed by atoms with Crippen LogP contribution in [0.5, 0.6) is 0 Å². The van der Waals surface area contributed by atoms with E-state index in [0.29, 0.717) is 11.7 Å². The highest BCUT2D eigenvalue weighted by atomic mass is 32.1. The van der Waals surface area contributed by atoms with Gasteiger partial charge in [0, 0.05) is 10.8 Å². The molecule has 1 aliphatic carbocycles. The maximum atomic E-state index is 12.3. The average molecular weight is 236 g/mol. The zero-order chi connectivity index (χ0) is 11.5. The largest absolute Gasteiger partial charge is 0.293 e. The first-order valence-electron chi connectivity index (χ1n) is 6.33. The Labute approximate surface area is 102 Å². The van der Waals surface area contributed by atoms with E-state index in [1.165, 1.54) is 17.7 Å². The van der Waals surface area contributed by atoms with Gasteiger partial charge in [-0.2, -0.15) is 0 Å². The van der Waals surface area contributed by atoms with E-state index in [1.807, 2.05) is 6.07 Å². The molecule has 2 unspecified atom stereocenters. The molecular weight excluding hydrogens is 216 g/mol. The quantitative estimate of drug-likeness (QED) is 0.714. The van der Waals surface area contributed by atoms with Gasteiger partial charge in [0.2, 0.25) is 0 Å². The molecule has 0 aliphatic heterocycles. The third-order valence-corrected chi connectivity index (χ3v) is 4.80. The minimum Gasteiger partial charge on any atom is -0.293 e. The van der Waals surface area contributed by atoms with Crippen molar-refractivity contribution in [3.8, 4) is 0 Å². The molecule has 0 aromatic carbocycles. The Kier molecular flexibility index (Phi) is 3.80. The van der Waals surface area contributed by atoms with Crippen LogP contribution in [-0.4, -0.2) is 5.78 Å². The first-order valence-corrected chi connectivity index (χ1v) is 7.15. The number of hydrogen-bond acceptors (Lipinski definition) is 2. The molecular formula is C14H20OS. The van der Waals surface area contributed by atoms with E-state index in [4.69, 9.17) is 0 Å². The fourth-order valence-electron chi connectivity index (χ4n) is 2.57. The number of aryl methyl sites for hydroxylation is 1. The van der Waals surface area contributed by atoms with E-state index in [-0.39, 0.29) is 0 Å². The first kappa shape index (κ1) is 11.8. The van der Waals surface area contributed by atoms with Gasteiger partial charge in [-0.3, -0.25) is 4.79 Å². The number of carbonyl (C=O) groups excluding carboxylic acids is 1. The van der Waals surface area contributed by atoms with Gasteiger partial charge in [-0.25, -0.2) is 0 Å². The van der Waals surface area contributed by atoms with Gasteiger partial charge < -0.3 is 0 Å². The number of Topliss-reactive ketones (excluding diaryl/α,β-unsaturated/α-hetero) is 1. The number of hydrogen-bond donors (Lipinski definition) is 0. The minimum absolute atomic E-state index is 0.298. The SMILES string of the molecule is CCc1ccc(C(=O)C2CCCC(C)C2)s1. The Morgan fingerprint density at radius 3 is 2.88 bits per heavy atom. The van der Waals surface area contributed by atoms with Gasteiger partial charge in [0.15, 0.2) is 5.78 Å². The van der Waals surface area contributed by atoms with Crippen LogP contribution in [0, 0.1) is 11.8 Å².